The Bertz CT molecular complexity index is 433. The number of rotatable bonds is 7. The van der Waals surface area contributed by atoms with Crippen LogP contribution in [0.2, 0.25) is 0 Å². The van der Waals surface area contributed by atoms with Crippen molar-refractivity contribution in [3.05, 3.63) is 28.2 Å². The minimum Gasteiger partial charge on any atom is -0.497 e. The number of benzene rings is 1. The van der Waals surface area contributed by atoms with Crippen LogP contribution in [0.4, 0.5) is 0 Å². The fraction of sp³-hybridized carbons (Fsp3) is 0.647. The third-order valence-corrected chi connectivity index (χ3v) is 4.96. The van der Waals surface area contributed by atoms with Crippen LogP contribution in [-0.2, 0) is 0 Å². The van der Waals surface area contributed by atoms with Crippen LogP contribution < -0.4 is 10.1 Å². The van der Waals surface area contributed by atoms with Crippen LogP contribution in [0.5, 0.6) is 5.75 Å². The van der Waals surface area contributed by atoms with Gasteiger partial charge in [0.05, 0.1) is 7.11 Å². The minimum atomic E-state index is 0.489. The smallest absolute Gasteiger partial charge is 0.119 e. The molecular formula is C17H27BrN2O. The summed E-state index contributed by atoms with van der Waals surface area (Å²) >= 11 is 3.74. The molecule has 0 amide bonds. The summed E-state index contributed by atoms with van der Waals surface area (Å²) in [6.07, 6.45) is 5.09. The molecule has 0 unspecified atom stereocenters. The Hall–Kier alpha value is -0.580. The highest BCUT2D eigenvalue weighted by atomic mass is 79.9. The van der Waals surface area contributed by atoms with Crippen molar-refractivity contribution < 1.29 is 4.74 Å². The fourth-order valence-corrected chi connectivity index (χ4v) is 3.53. The predicted molar refractivity (Wildman–Crippen MR) is 92.0 cm³/mol. The molecule has 118 valence electrons. The van der Waals surface area contributed by atoms with Gasteiger partial charge in [-0.15, -0.1) is 0 Å². The van der Waals surface area contributed by atoms with Crippen LogP contribution in [0.1, 0.15) is 44.2 Å². The van der Waals surface area contributed by atoms with Gasteiger partial charge < -0.3 is 10.1 Å². The Morgan fingerprint density at radius 2 is 2.05 bits per heavy atom. The first-order chi connectivity index (χ1) is 10.3. The predicted octanol–water partition coefficient (Wildman–Crippen LogP) is 3.98. The van der Waals surface area contributed by atoms with E-state index in [1.54, 1.807) is 7.11 Å². The molecule has 1 aromatic rings. The Morgan fingerprint density at radius 1 is 1.29 bits per heavy atom. The van der Waals surface area contributed by atoms with Crippen LogP contribution in [0.3, 0.4) is 0 Å². The molecule has 4 heteroatoms. The quantitative estimate of drug-likeness (QED) is 0.749. The van der Waals surface area contributed by atoms with E-state index in [0.717, 1.165) is 31.9 Å². The summed E-state index contributed by atoms with van der Waals surface area (Å²) in [6.45, 7) is 6.69. The van der Waals surface area contributed by atoms with Crippen LogP contribution in [0.15, 0.2) is 22.7 Å². The molecule has 0 bridgehead atoms. The first-order valence-electron chi connectivity index (χ1n) is 8.04. The van der Waals surface area contributed by atoms with Crippen molar-refractivity contribution in [1.29, 1.82) is 0 Å². The zero-order valence-electron chi connectivity index (χ0n) is 13.2. The number of halogens is 1. The zero-order chi connectivity index (χ0) is 15.1. The summed E-state index contributed by atoms with van der Waals surface area (Å²) in [6, 6.07) is 6.82. The molecule has 2 rings (SSSR count). The third-order valence-electron chi connectivity index (χ3n) is 4.24. The Balaban J connectivity index is 2.20. The van der Waals surface area contributed by atoms with E-state index in [4.69, 9.17) is 4.74 Å². The van der Waals surface area contributed by atoms with Crippen molar-refractivity contribution in [2.24, 2.45) is 0 Å². The van der Waals surface area contributed by atoms with E-state index in [2.05, 4.69) is 45.2 Å². The molecular weight excluding hydrogens is 328 g/mol. The summed E-state index contributed by atoms with van der Waals surface area (Å²) in [5.41, 5.74) is 1.37. The van der Waals surface area contributed by atoms with Gasteiger partial charge in [-0.25, -0.2) is 0 Å². The van der Waals surface area contributed by atoms with Crippen molar-refractivity contribution in [3.8, 4) is 5.75 Å². The second-order valence-electron chi connectivity index (χ2n) is 5.68. The SMILES string of the molecule is CCCCC[C@H](c1cc(OC)ccc1Br)N1CCNCC1. The molecule has 1 fully saturated rings. The lowest BCUT2D eigenvalue weighted by Gasteiger charge is -2.36. The maximum Gasteiger partial charge on any atom is 0.119 e. The lowest BCUT2D eigenvalue weighted by Crippen LogP contribution is -2.45. The molecule has 0 aromatic heterocycles. The van der Waals surface area contributed by atoms with Crippen molar-refractivity contribution in [2.75, 3.05) is 33.3 Å². The highest BCUT2D eigenvalue weighted by Crippen LogP contribution is 2.34. The molecule has 0 radical (unpaired) electrons. The number of piperazine rings is 1. The maximum atomic E-state index is 5.42. The zero-order valence-corrected chi connectivity index (χ0v) is 14.8. The van der Waals surface area contributed by atoms with Crippen molar-refractivity contribution in [2.45, 2.75) is 38.6 Å². The monoisotopic (exact) mass is 354 g/mol. The lowest BCUT2D eigenvalue weighted by atomic mass is 9.98. The fourth-order valence-electron chi connectivity index (χ4n) is 3.02. The molecule has 0 aliphatic carbocycles. The van der Waals surface area contributed by atoms with Gasteiger partial charge >= 0.3 is 0 Å². The summed E-state index contributed by atoms with van der Waals surface area (Å²) in [4.78, 5) is 2.62. The molecule has 1 aliphatic rings. The highest BCUT2D eigenvalue weighted by Gasteiger charge is 2.23. The van der Waals surface area contributed by atoms with E-state index in [1.165, 1.54) is 35.7 Å². The van der Waals surface area contributed by atoms with Gasteiger partial charge in [0, 0.05) is 36.7 Å². The Morgan fingerprint density at radius 3 is 2.71 bits per heavy atom. The topological polar surface area (TPSA) is 24.5 Å². The molecule has 1 N–H and O–H groups in total. The number of ether oxygens (including phenoxy) is 1. The van der Waals surface area contributed by atoms with Crippen molar-refractivity contribution in [1.82, 2.24) is 10.2 Å². The molecule has 1 saturated heterocycles. The van der Waals surface area contributed by atoms with Crippen LogP contribution in [0, 0.1) is 0 Å². The van der Waals surface area contributed by atoms with Gasteiger partial charge in [-0.1, -0.05) is 42.1 Å². The molecule has 1 heterocycles. The first kappa shape index (κ1) is 16.8. The average molecular weight is 355 g/mol. The van der Waals surface area contributed by atoms with E-state index >= 15 is 0 Å². The molecule has 1 atom stereocenters. The van der Waals surface area contributed by atoms with Crippen LogP contribution in [-0.4, -0.2) is 38.2 Å². The number of unbranched alkanes of at least 4 members (excludes halogenated alkanes) is 2. The van der Waals surface area contributed by atoms with Crippen LogP contribution in [0.25, 0.3) is 0 Å². The van der Waals surface area contributed by atoms with Gasteiger partial charge in [-0.3, -0.25) is 4.90 Å². The van der Waals surface area contributed by atoms with E-state index in [0.29, 0.717) is 6.04 Å². The molecule has 0 spiro atoms. The number of hydrogen-bond donors (Lipinski definition) is 1. The number of hydrogen-bond acceptors (Lipinski definition) is 3. The number of nitrogens with zero attached hydrogens (tertiary/aromatic N) is 1. The summed E-state index contributed by atoms with van der Waals surface area (Å²) in [7, 11) is 1.74. The maximum absolute atomic E-state index is 5.42. The van der Waals surface area contributed by atoms with Crippen molar-refractivity contribution in [3.63, 3.8) is 0 Å². The van der Waals surface area contributed by atoms with Gasteiger partial charge in [0.2, 0.25) is 0 Å². The van der Waals surface area contributed by atoms with E-state index in [1.807, 2.05) is 6.07 Å². The summed E-state index contributed by atoms with van der Waals surface area (Å²) in [5.74, 6) is 0.948. The summed E-state index contributed by atoms with van der Waals surface area (Å²) < 4.78 is 6.62. The normalized spacial score (nSPS) is 17.7. The number of methoxy groups -OCH3 is 1. The highest BCUT2D eigenvalue weighted by molar-refractivity contribution is 9.10. The second-order valence-corrected chi connectivity index (χ2v) is 6.54. The number of nitrogens with one attached hydrogen (secondary N) is 1. The van der Waals surface area contributed by atoms with Crippen LogP contribution >= 0.6 is 15.9 Å². The Labute approximate surface area is 137 Å². The molecule has 3 nitrogen and oxygen atoms in total. The molecule has 0 saturated carbocycles. The summed E-state index contributed by atoms with van der Waals surface area (Å²) in [5, 5.41) is 3.45. The average Bonchev–Trinajstić information content (AvgIpc) is 2.53. The molecule has 21 heavy (non-hydrogen) atoms. The second kappa shape index (κ2) is 8.76. The van der Waals surface area contributed by atoms with E-state index < -0.39 is 0 Å². The molecule has 1 aromatic carbocycles. The standard InChI is InChI=1S/C17H27BrN2O/c1-3-4-5-6-17(20-11-9-19-10-12-20)15-13-14(21-2)7-8-16(15)18/h7-8,13,17,19H,3-6,9-12H2,1-2H3/t17-/m1/s1. The van der Waals surface area contributed by atoms with E-state index in [-0.39, 0.29) is 0 Å². The van der Waals surface area contributed by atoms with E-state index in [9.17, 15) is 0 Å². The third kappa shape index (κ3) is 4.70. The van der Waals surface area contributed by atoms with Crippen molar-refractivity contribution >= 4 is 15.9 Å². The van der Waals surface area contributed by atoms with Gasteiger partial charge in [0.25, 0.3) is 0 Å². The van der Waals surface area contributed by atoms with Gasteiger partial charge in [-0.05, 0) is 30.2 Å². The van der Waals surface area contributed by atoms with Gasteiger partial charge in [-0.2, -0.15) is 0 Å². The minimum absolute atomic E-state index is 0.489. The van der Waals surface area contributed by atoms with Gasteiger partial charge in [0.1, 0.15) is 5.75 Å². The largest absolute Gasteiger partial charge is 0.497 e. The first-order valence-corrected chi connectivity index (χ1v) is 8.83. The lowest BCUT2D eigenvalue weighted by molar-refractivity contribution is 0.162. The Kier molecular flexibility index (Phi) is 7.00. The molecule has 1 aliphatic heterocycles. The van der Waals surface area contributed by atoms with Gasteiger partial charge in [0.15, 0.2) is 0 Å².